The van der Waals surface area contributed by atoms with E-state index in [-0.39, 0.29) is 11.2 Å². The third kappa shape index (κ3) is 3.90. The van der Waals surface area contributed by atoms with Crippen molar-refractivity contribution in [1.29, 1.82) is 0 Å². The number of benzene rings is 1. The van der Waals surface area contributed by atoms with Crippen LogP contribution < -0.4 is 10.6 Å². The summed E-state index contributed by atoms with van der Waals surface area (Å²) in [5.41, 5.74) is 1.98. The number of phenolic OH excluding ortho intramolecular Hbond substituents is 1. The summed E-state index contributed by atoms with van der Waals surface area (Å²) in [5, 5.41) is 16.8. The van der Waals surface area contributed by atoms with Gasteiger partial charge in [0.25, 0.3) is 0 Å². The summed E-state index contributed by atoms with van der Waals surface area (Å²) in [6.07, 6.45) is 4.76. The Balaban J connectivity index is 1.80. The van der Waals surface area contributed by atoms with Crippen LogP contribution in [0, 0.1) is 0 Å². The van der Waals surface area contributed by atoms with E-state index in [1.165, 1.54) is 31.2 Å². The standard InChI is InChI=1S/C17H25N3O/c1-17(2,3)11-4-9-15(21)14(10-11)20-16(18-12-5-6-12)19-13-7-8-13/h4,9-10,12-13,21H,5-8H2,1-3H3,(H2,18,19,20). The average molecular weight is 287 g/mol. The van der Waals surface area contributed by atoms with Gasteiger partial charge in [-0.1, -0.05) is 26.8 Å². The van der Waals surface area contributed by atoms with E-state index in [1.807, 2.05) is 12.1 Å². The van der Waals surface area contributed by atoms with Gasteiger partial charge >= 0.3 is 0 Å². The normalized spacial score (nSPS) is 19.5. The van der Waals surface area contributed by atoms with E-state index in [4.69, 9.17) is 0 Å². The Hall–Kier alpha value is -1.71. The van der Waals surface area contributed by atoms with Crippen molar-refractivity contribution in [2.45, 2.75) is 64.0 Å². The highest BCUT2D eigenvalue weighted by molar-refractivity contribution is 5.95. The van der Waals surface area contributed by atoms with Crippen molar-refractivity contribution in [3.05, 3.63) is 23.8 Å². The molecule has 21 heavy (non-hydrogen) atoms. The minimum atomic E-state index is 0.0574. The van der Waals surface area contributed by atoms with Crippen LogP contribution in [-0.4, -0.2) is 23.1 Å². The molecule has 2 aliphatic carbocycles. The first kappa shape index (κ1) is 14.2. The van der Waals surface area contributed by atoms with Crippen molar-refractivity contribution in [2.75, 3.05) is 5.32 Å². The lowest BCUT2D eigenvalue weighted by Gasteiger charge is -2.21. The van der Waals surface area contributed by atoms with Gasteiger partial charge in [0, 0.05) is 6.04 Å². The predicted molar refractivity (Wildman–Crippen MR) is 87.0 cm³/mol. The van der Waals surface area contributed by atoms with E-state index in [0.29, 0.717) is 12.1 Å². The maximum absolute atomic E-state index is 10.1. The maximum Gasteiger partial charge on any atom is 0.196 e. The Bertz CT molecular complexity index is 552. The molecule has 2 aliphatic rings. The maximum atomic E-state index is 10.1. The third-order valence-corrected chi connectivity index (χ3v) is 3.89. The quantitative estimate of drug-likeness (QED) is 0.454. The number of rotatable bonds is 3. The molecule has 4 nitrogen and oxygen atoms in total. The zero-order valence-electron chi connectivity index (χ0n) is 13.1. The number of nitrogens with one attached hydrogen (secondary N) is 2. The van der Waals surface area contributed by atoms with Crippen LogP contribution in [0.25, 0.3) is 0 Å². The van der Waals surface area contributed by atoms with Crippen molar-refractivity contribution < 1.29 is 5.11 Å². The van der Waals surface area contributed by atoms with Crippen LogP contribution in [0.3, 0.4) is 0 Å². The second kappa shape index (κ2) is 5.24. The second-order valence-corrected chi connectivity index (χ2v) is 7.23. The summed E-state index contributed by atoms with van der Waals surface area (Å²) in [4.78, 5) is 4.68. The first-order valence-electron chi connectivity index (χ1n) is 7.87. The first-order valence-corrected chi connectivity index (χ1v) is 7.87. The lowest BCUT2D eigenvalue weighted by Crippen LogP contribution is -2.33. The Kier molecular flexibility index (Phi) is 3.56. The third-order valence-electron chi connectivity index (χ3n) is 3.89. The van der Waals surface area contributed by atoms with Gasteiger partial charge in [0.2, 0.25) is 0 Å². The Morgan fingerprint density at radius 1 is 1.19 bits per heavy atom. The molecule has 3 N–H and O–H groups in total. The van der Waals surface area contributed by atoms with Crippen LogP contribution in [0.15, 0.2) is 23.2 Å². The van der Waals surface area contributed by atoms with Crippen LogP contribution >= 0.6 is 0 Å². The van der Waals surface area contributed by atoms with Crippen molar-refractivity contribution in [3.8, 4) is 5.75 Å². The molecule has 0 aromatic heterocycles. The molecular weight excluding hydrogens is 262 g/mol. The van der Waals surface area contributed by atoms with Crippen LogP contribution in [0.1, 0.15) is 52.0 Å². The van der Waals surface area contributed by atoms with Gasteiger partial charge in [-0.3, -0.25) is 0 Å². The first-order chi connectivity index (χ1) is 9.91. The highest BCUT2D eigenvalue weighted by atomic mass is 16.3. The fourth-order valence-electron chi connectivity index (χ4n) is 2.14. The van der Waals surface area contributed by atoms with Gasteiger partial charge in [-0.25, -0.2) is 4.99 Å². The summed E-state index contributed by atoms with van der Waals surface area (Å²) in [5.74, 6) is 1.07. The number of anilines is 1. The van der Waals surface area contributed by atoms with Crippen molar-refractivity contribution in [2.24, 2.45) is 4.99 Å². The minimum absolute atomic E-state index is 0.0574. The molecule has 0 spiro atoms. The summed E-state index contributed by atoms with van der Waals surface area (Å²) >= 11 is 0. The molecule has 0 saturated heterocycles. The Morgan fingerprint density at radius 3 is 2.48 bits per heavy atom. The van der Waals surface area contributed by atoms with Crippen molar-refractivity contribution in [1.82, 2.24) is 5.32 Å². The summed E-state index contributed by atoms with van der Waals surface area (Å²) in [6, 6.07) is 6.75. The number of nitrogens with zero attached hydrogens (tertiary/aromatic N) is 1. The van der Waals surface area contributed by atoms with Crippen LogP contribution in [0.5, 0.6) is 5.75 Å². The van der Waals surface area contributed by atoms with Crippen LogP contribution in [0.2, 0.25) is 0 Å². The molecule has 0 aliphatic heterocycles. The Morgan fingerprint density at radius 2 is 1.90 bits per heavy atom. The molecule has 0 unspecified atom stereocenters. The average Bonchev–Trinajstić information content (AvgIpc) is 3.26. The zero-order valence-corrected chi connectivity index (χ0v) is 13.1. The molecule has 0 heterocycles. The van der Waals surface area contributed by atoms with Gasteiger partial charge in [-0.15, -0.1) is 0 Å². The fourth-order valence-corrected chi connectivity index (χ4v) is 2.14. The van der Waals surface area contributed by atoms with E-state index in [9.17, 15) is 5.11 Å². The minimum Gasteiger partial charge on any atom is -0.506 e. The fraction of sp³-hybridized carbons (Fsp3) is 0.588. The molecule has 0 atom stereocenters. The van der Waals surface area contributed by atoms with E-state index in [0.717, 1.165) is 11.6 Å². The van der Waals surface area contributed by atoms with Gasteiger partial charge in [0.1, 0.15) is 5.75 Å². The second-order valence-electron chi connectivity index (χ2n) is 7.23. The topological polar surface area (TPSA) is 56.6 Å². The van der Waals surface area contributed by atoms with E-state index in [1.54, 1.807) is 6.07 Å². The molecule has 1 aromatic rings. The number of hydrogen-bond donors (Lipinski definition) is 3. The molecule has 0 bridgehead atoms. The molecule has 0 radical (unpaired) electrons. The molecule has 114 valence electrons. The molecule has 1 aromatic carbocycles. The van der Waals surface area contributed by atoms with Gasteiger partial charge in [0.05, 0.1) is 11.7 Å². The predicted octanol–water partition coefficient (Wildman–Crippen LogP) is 3.37. The summed E-state index contributed by atoms with van der Waals surface area (Å²) < 4.78 is 0. The number of guanidine groups is 1. The monoisotopic (exact) mass is 287 g/mol. The number of hydrogen-bond acceptors (Lipinski definition) is 2. The highest BCUT2D eigenvalue weighted by Crippen LogP contribution is 2.31. The van der Waals surface area contributed by atoms with E-state index < -0.39 is 0 Å². The van der Waals surface area contributed by atoms with Gasteiger partial charge in [-0.05, 0) is 48.8 Å². The molecule has 3 rings (SSSR count). The lowest BCUT2D eigenvalue weighted by molar-refractivity contribution is 0.476. The lowest BCUT2D eigenvalue weighted by atomic mass is 9.87. The van der Waals surface area contributed by atoms with E-state index in [2.05, 4.69) is 36.4 Å². The number of phenols is 1. The molecule has 4 heteroatoms. The van der Waals surface area contributed by atoms with Crippen LogP contribution in [-0.2, 0) is 5.41 Å². The Labute approximate surface area is 126 Å². The largest absolute Gasteiger partial charge is 0.506 e. The highest BCUT2D eigenvalue weighted by Gasteiger charge is 2.26. The number of aromatic hydroxyl groups is 1. The molecular formula is C17H25N3O. The summed E-state index contributed by atoms with van der Waals surface area (Å²) in [6.45, 7) is 6.51. The molecule has 2 fully saturated rings. The van der Waals surface area contributed by atoms with Gasteiger partial charge in [-0.2, -0.15) is 0 Å². The van der Waals surface area contributed by atoms with E-state index >= 15 is 0 Å². The SMILES string of the molecule is CC(C)(C)c1ccc(O)c(NC(=NC2CC2)NC2CC2)c1. The molecule has 2 saturated carbocycles. The smallest absolute Gasteiger partial charge is 0.196 e. The van der Waals surface area contributed by atoms with Gasteiger partial charge < -0.3 is 15.7 Å². The van der Waals surface area contributed by atoms with Gasteiger partial charge in [0.15, 0.2) is 5.96 Å². The summed E-state index contributed by atoms with van der Waals surface area (Å²) in [7, 11) is 0. The number of aliphatic imine (C=N–C) groups is 1. The van der Waals surface area contributed by atoms with Crippen LogP contribution in [0.4, 0.5) is 5.69 Å². The molecule has 0 amide bonds. The van der Waals surface area contributed by atoms with Crippen molar-refractivity contribution in [3.63, 3.8) is 0 Å². The van der Waals surface area contributed by atoms with Crippen molar-refractivity contribution >= 4 is 11.6 Å². The zero-order chi connectivity index (χ0) is 15.0.